The van der Waals surface area contributed by atoms with E-state index in [1.54, 1.807) is 6.20 Å². The first-order chi connectivity index (χ1) is 25.8. The molecule has 4 fully saturated rings. The van der Waals surface area contributed by atoms with Gasteiger partial charge in [0.05, 0.1) is 18.4 Å². The second-order valence-electron chi connectivity index (χ2n) is 16.5. The molecule has 3 aliphatic carbocycles. The van der Waals surface area contributed by atoms with Crippen LogP contribution >= 0.6 is 0 Å². The predicted molar refractivity (Wildman–Crippen MR) is 202 cm³/mol. The number of benzene rings is 1. The number of carbonyl (C=O) groups excluding carboxylic acids is 4. The Labute approximate surface area is 316 Å². The summed E-state index contributed by atoms with van der Waals surface area (Å²) in [6.45, 7) is 8.03. The lowest BCUT2D eigenvalue weighted by Gasteiger charge is -2.35. The predicted octanol–water partition coefficient (Wildman–Crippen LogP) is 4.76. The van der Waals surface area contributed by atoms with Crippen LogP contribution in [0.3, 0.4) is 0 Å². The lowest BCUT2D eigenvalue weighted by Crippen LogP contribution is -2.59. The Kier molecular flexibility index (Phi) is 10.5. The topological polar surface area (TPSA) is 173 Å². The number of sulfonamides is 1. The van der Waals surface area contributed by atoms with Crippen LogP contribution in [0.5, 0.6) is 5.88 Å². The van der Waals surface area contributed by atoms with Gasteiger partial charge in [-0.2, -0.15) is 0 Å². The summed E-state index contributed by atoms with van der Waals surface area (Å²) < 4.78 is 40.0. The Balaban J connectivity index is 1.22. The highest BCUT2D eigenvalue weighted by molar-refractivity contribution is 7.91. The molecule has 1 saturated heterocycles. The number of nitrogens with zero attached hydrogens (tertiary/aromatic N) is 2. The van der Waals surface area contributed by atoms with Gasteiger partial charge in [0.15, 0.2) is 0 Å². The highest BCUT2D eigenvalue weighted by Gasteiger charge is 2.62. The molecule has 14 heteroatoms. The first-order valence-electron chi connectivity index (χ1n) is 19.2. The molecule has 4 bridgehead atoms. The molecule has 3 saturated carbocycles. The van der Waals surface area contributed by atoms with E-state index in [9.17, 15) is 27.6 Å². The van der Waals surface area contributed by atoms with Gasteiger partial charge in [-0.15, -0.1) is 6.58 Å². The minimum Gasteiger partial charge on any atom is -0.472 e. The van der Waals surface area contributed by atoms with Crippen LogP contribution in [0.1, 0.15) is 90.0 Å². The molecule has 7 rings (SSSR count). The van der Waals surface area contributed by atoms with E-state index in [1.807, 2.05) is 44.2 Å². The van der Waals surface area contributed by atoms with E-state index >= 15 is 0 Å². The van der Waals surface area contributed by atoms with Crippen LogP contribution in [0.25, 0.3) is 16.8 Å². The molecule has 2 aliphatic heterocycles. The standard InChI is InChI=1S/C40H51N5O8S/c1-4-28-22-40(28,37(48)44-54(50,51)30-15-16-30)43-34(46)32-21-29-23-45(32)36(47)33(27-11-6-5-7-12-27)42-38(49)52-24-39(2,3)18-9-8-10-25-13-14-26-17-19-41-35(53-29)31(26)20-25/h4,8,10,13-14,17,19-20,27-30,32-33H,1,5-7,9,11-12,15-16,18,21-24H2,2-3H3,(H,42,49)(H,43,46)(H,44,48)/b10-8+. The Morgan fingerprint density at radius 3 is 2.59 bits per heavy atom. The van der Waals surface area contributed by atoms with Crippen molar-refractivity contribution >= 4 is 50.7 Å². The quantitative estimate of drug-likeness (QED) is 0.337. The first-order valence-corrected chi connectivity index (χ1v) is 20.8. The van der Waals surface area contributed by atoms with Gasteiger partial charge in [-0.1, -0.05) is 63.5 Å². The Bertz CT molecular complexity index is 1960. The summed E-state index contributed by atoms with van der Waals surface area (Å²) in [5.41, 5.74) is -0.907. The normalized spacial score (nSPS) is 29.8. The van der Waals surface area contributed by atoms with Crippen molar-refractivity contribution in [3.05, 3.63) is 54.8 Å². The maximum Gasteiger partial charge on any atom is 0.407 e. The van der Waals surface area contributed by atoms with Gasteiger partial charge >= 0.3 is 6.09 Å². The summed E-state index contributed by atoms with van der Waals surface area (Å²) in [5.74, 6) is -2.19. The summed E-state index contributed by atoms with van der Waals surface area (Å²) in [6, 6.07) is 5.85. The molecule has 54 heavy (non-hydrogen) atoms. The fraction of sp³-hybridized carbons (Fsp3) is 0.575. The van der Waals surface area contributed by atoms with E-state index < -0.39 is 68.7 Å². The lowest BCUT2D eigenvalue weighted by atomic mass is 9.83. The Morgan fingerprint density at radius 2 is 1.87 bits per heavy atom. The van der Waals surface area contributed by atoms with Crippen molar-refractivity contribution in [2.45, 2.75) is 113 Å². The molecular weight excluding hydrogens is 711 g/mol. The zero-order valence-corrected chi connectivity index (χ0v) is 31.9. The van der Waals surface area contributed by atoms with E-state index in [1.165, 1.54) is 11.0 Å². The molecule has 0 spiro atoms. The summed E-state index contributed by atoms with van der Waals surface area (Å²) in [6.07, 6.45) is 12.9. The zero-order chi connectivity index (χ0) is 38.3. The van der Waals surface area contributed by atoms with E-state index in [4.69, 9.17) is 9.47 Å². The number of rotatable bonds is 7. The number of cyclic esters (lactones) is 1. The number of hydrogen-bond donors (Lipinski definition) is 3. The molecule has 5 atom stereocenters. The molecule has 290 valence electrons. The maximum atomic E-state index is 14.8. The summed E-state index contributed by atoms with van der Waals surface area (Å²) in [4.78, 5) is 62.2. The second-order valence-corrected chi connectivity index (χ2v) is 18.4. The number of amides is 4. The van der Waals surface area contributed by atoms with Crippen LogP contribution in [-0.2, 0) is 29.1 Å². The van der Waals surface area contributed by atoms with Crippen LogP contribution in [0.2, 0.25) is 0 Å². The third-order valence-electron chi connectivity index (χ3n) is 11.7. The summed E-state index contributed by atoms with van der Waals surface area (Å²) in [5, 5.41) is 6.81. The highest BCUT2D eigenvalue weighted by atomic mass is 32.2. The summed E-state index contributed by atoms with van der Waals surface area (Å²) in [7, 11) is -3.89. The van der Waals surface area contributed by atoms with Crippen LogP contribution in [0.4, 0.5) is 4.79 Å². The fourth-order valence-corrected chi connectivity index (χ4v) is 9.50. The van der Waals surface area contributed by atoms with Gasteiger partial charge in [-0.05, 0) is 79.4 Å². The van der Waals surface area contributed by atoms with Crippen LogP contribution in [-0.4, -0.2) is 84.2 Å². The lowest BCUT2D eigenvalue weighted by molar-refractivity contribution is -0.142. The van der Waals surface area contributed by atoms with Crippen molar-refractivity contribution in [3.63, 3.8) is 0 Å². The number of fused-ring (bicyclic) bond motifs is 3. The average Bonchev–Trinajstić information content (AvgIpc) is 4.08. The van der Waals surface area contributed by atoms with E-state index in [-0.39, 0.29) is 37.3 Å². The summed E-state index contributed by atoms with van der Waals surface area (Å²) >= 11 is 0. The Morgan fingerprint density at radius 1 is 1.09 bits per heavy atom. The van der Waals surface area contributed by atoms with Gasteiger partial charge in [0.1, 0.15) is 23.7 Å². The molecule has 4 amide bonds. The largest absolute Gasteiger partial charge is 0.472 e. The molecule has 5 unspecified atom stereocenters. The molecule has 1 aromatic carbocycles. The van der Waals surface area contributed by atoms with E-state index in [0.717, 1.165) is 61.3 Å². The number of nitrogens with one attached hydrogen (secondary N) is 3. The van der Waals surface area contributed by atoms with Gasteiger partial charge in [0.2, 0.25) is 27.7 Å². The molecule has 5 aliphatic rings. The monoisotopic (exact) mass is 761 g/mol. The third kappa shape index (κ3) is 8.13. The molecule has 2 aromatic rings. The number of alkyl carbamates (subject to hydrolysis) is 1. The molecule has 1 aromatic heterocycles. The van der Waals surface area contributed by atoms with Gasteiger partial charge in [-0.25, -0.2) is 18.2 Å². The van der Waals surface area contributed by atoms with Crippen molar-refractivity contribution in [1.82, 2.24) is 25.2 Å². The molecule has 3 N–H and O–H groups in total. The Hall–Kier alpha value is -4.46. The number of allylic oxidation sites excluding steroid dienone is 1. The van der Waals surface area contributed by atoms with Gasteiger partial charge in [-0.3, -0.25) is 19.1 Å². The fourth-order valence-electron chi connectivity index (χ4n) is 8.13. The van der Waals surface area contributed by atoms with Gasteiger partial charge in [0.25, 0.3) is 5.91 Å². The first kappa shape index (κ1) is 37.8. The van der Waals surface area contributed by atoms with Crippen molar-refractivity contribution in [2.75, 3.05) is 13.2 Å². The SMILES string of the molecule is C=CC1CC1(NC(=O)C1CC2CN1C(=O)C(C1CCCCC1)NC(=O)OCC(C)(C)CC/C=C/c1ccc3ccnc(c3c1)O2)C(=O)NS(=O)(=O)C1CC1. The smallest absolute Gasteiger partial charge is 0.407 e. The molecule has 3 heterocycles. The van der Waals surface area contributed by atoms with Gasteiger partial charge in [0, 0.05) is 23.9 Å². The number of aromatic nitrogens is 1. The van der Waals surface area contributed by atoms with Crippen molar-refractivity contribution in [2.24, 2.45) is 17.3 Å². The second kappa shape index (κ2) is 15.0. The molecular formula is C40H51N5O8S. The molecule has 13 nitrogen and oxygen atoms in total. The number of hydrogen-bond acceptors (Lipinski definition) is 9. The van der Waals surface area contributed by atoms with Crippen LogP contribution in [0.15, 0.2) is 49.2 Å². The minimum absolute atomic E-state index is 0.0156. The van der Waals surface area contributed by atoms with Gasteiger partial charge < -0.3 is 25.0 Å². The van der Waals surface area contributed by atoms with Crippen molar-refractivity contribution < 1.29 is 37.1 Å². The minimum atomic E-state index is -3.89. The van der Waals surface area contributed by atoms with Crippen molar-refractivity contribution in [3.8, 4) is 5.88 Å². The van der Waals surface area contributed by atoms with Crippen molar-refractivity contribution in [1.29, 1.82) is 0 Å². The van der Waals surface area contributed by atoms with Crippen LogP contribution < -0.4 is 20.1 Å². The van der Waals surface area contributed by atoms with Crippen LogP contribution in [0, 0.1) is 17.3 Å². The zero-order valence-electron chi connectivity index (χ0n) is 31.1. The van der Waals surface area contributed by atoms with E-state index in [0.29, 0.717) is 18.7 Å². The van der Waals surface area contributed by atoms with E-state index in [2.05, 4.69) is 33.0 Å². The number of pyridine rings is 1. The number of carbonyl (C=O) groups is 4. The average molecular weight is 762 g/mol. The third-order valence-corrected chi connectivity index (χ3v) is 13.5. The maximum absolute atomic E-state index is 14.8. The molecule has 0 radical (unpaired) electrons. The highest BCUT2D eigenvalue weighted by Crippen LogP contribution is 2.45. The number of ether oxygens (including phenoxy) is 2.